The lowest BCUT2D eigenvalue weighted by Gasteiger charge is -2.23. The summed E-state index contributed by atoms with van der Waals surface area (Å²) in [6, 6.07) is 6.11. The number of pyridine rings is 1. The zero-order valence-corrected chi connectivity index (χ0v) is 17.8. The van der Waals surface area contributed by atoms with Crippen molar-refractivity contribution >= 4 is 17.4 Å². The number of hydrogen-bond donors (Lipinski definition) is 1. The smallest absolute Gasteiger partial charge is 0.406 e. The van der Waals surface area contributed by atoms with Crippen molar-refractivity contribution in [1.29, 1.82) is 0 Å². The number of anilines is 2. The second-order valence-electron chi connectivity index (χ2n) is 7.70. The van der Waals surface area contributed by atoms with Gasteiger partial charge in [0.1, 0.15) is 30.9 Å². The lowest BCUT2D eigenvalue weighted by atomic mass is 9.95. The number of aromatic nitrogens is 3. The van der Waals surface area contributed by atoms with E-state index in [-0.39, 0.29) is 30.4 Å². The Labute approximate surface area is 186 Å². The third-order valence-electron chi connectivity index (χ3n) is 5.31. The molecule has 0 saturated heterocycles. The van der Waals surface area contributed by atoms with Crippen molar-refractivity contribution in [3.63, 3.8) is 0 Å². The number of alkyl halides is 3. The van der Waals surface area contributed by atoms with Crippen molar-refractivity contribution in [3.05, 3.63) is 63.8 Å². The molecule has 1 aliphatic rings. The first kappa shape index (κ1) is 22.3. The Morgan fingerprint density at radius 3 is 2.45 bits per heavy atom. The highest BCUT2D eigenvalue weighted by Gasteiger charge is 2.30. The number of rotatable bonds is 3. The number of nitrogens with two attached hydrogens (primary N) is 1. The minimum Gasteiger partial charge on any atom is -0.475 e. The highest BCUT2D eigenvalue weighted by atomic mass is 19.4. The molecule has 2 aromatic heterocycles. The van der Waals surface area contributed by atoms with Crippen molar-refractivity contribution in [3.8, 4) is 17.0 Å². The molecule has 33 heavy (non-hydrogen) atoms. The van der Waals surface area contributed by atoms with E-state index in [9.17, 15) is 22.8 Å². The van der Waals surface area contributed by atoms with Gasteiger partial charge in [0.25, 0.3) is 11.5 Å². The maximum Gasteiger partial charge on any atom is 0.406 e. The molecule has 1 aromatic carbocycles. The van der Waals surface area contributed by atoms with Crippen LogP contribution >= 0.6 is 0 Å². The van der Waals surface area contributed by atoms with E-state index in [0.717, 1.165) is 17.2 Å². The fourth-order valence-electron chi connectivity index (χ4n) is 3.96. The predicted molar refractivity (Wildman–Crippen MR) is 115 cm³/mol. The summed E-state index contributed by atoms with van der Waals surface area (Å²) in [6.45, 7) is 2.63. The van der Waals surface area contributed by atoms with Crippen LogP contribution in [0.5, 0.6) is 5.88 Å². The molecule has 0 saturated carbocycles. The number of aryl methyl sites for hydroxylation is 2. The van der Waals surface area contributed by atoms with Gasteiger partial charge in [-0.25, -0.2) is 9.97 Å². The number of carbonyl (C=O) groups is 1. The number of fused-ring (bicyclic) bond motifs is 1. The summed E-state index contributed by atoms with van der Waals surface area (Å²) in [5.74, 6) is -0.285. The summed E-state index contributed by atoms with van der Waals surface area (Å²) >= 11 is 0. The minimum atomic E-state index is -4.52. The first-order valence-corrected chi connectivity index (χ1v) is 9.99. The number of amides is 1. The van der Waals surface area contributed by atoms with Crippen LogP contribution < -0.4 is 20.9 Å². The van der Waals surface area contributed by atoms with E-state index >= 15 is 0 Å². The first-order chi connectivity index (χ1) is 15.5. The van der Waals surface area contributed by atoms with Gasteiger partial charge in [-0.15, -0.1) is 0 Å². The second kappa shape index (κ2) is 8.23. The highest BCUT2D eigenvalue weighted by molar-refractivity contribution is 6.10. The molecule has 3 heterocycles. The maximum absolute atomic E-state index is 13.2. The molecule has 0 radical (unpaired) electrons. The molecule has 4 rings (SSSR count). The van der Waals surface area contributed by atoms with E-state index in [2.05, 4.69) is 9.97 Å². The predicted octanol–water partition coefficient (Wildman–Crippen LogP) is 3.11. The van der Waals surface area contributed by atoms with Gasteiger partial charge in [-0.2, -0.15) is 13.2 Å². The van der Waals surface area contributed by atoms with Gasteiger partial charge < -0.3 is 19.9 Å². The van der Waals surface area contributed by atoms with Crippen molar-refractivity contribution in [2.24, 2.45) is 0 Å². The maximum atomic E-state index is 13.2. The van der Waals surface area contributed by atoms with Crippen molar-refractivity contribution < 1.29 is 22.7 Å². The van der Waals surface area contributed by atoms with E-state index in [0.29, 0.717) is 21.4 Å². The summed E-state index contributed by atoms with van der Waals surface area (Å²) in [6.07, 6.45) is -2.10. The Bertz CT molecular complexity index is 1280. The average molecular weight is 459 g/mol. The largest absolute Gasteiger partial charge is 0.475 e. The van der Waals surface area contributed by atoms with Gasteiger partial charge in [0, 0.05) is 18.0 Å². The monoisotopic (exact) mass is 459 g/mol. The molecule has 172 valence electrons. The average Bonchev–Trinajstić information content (AvgIpc) is 2.88. The fraction of sp³-hybridized carbons (Fsp3) is 0.273. The molecule has 0 bridgehead atoms. The zero-order chi connectivity index (χ0) is 23.9. The molecular formula is C22H20F3N5O3. The molecule has 11 heteroatoms. The highest BCUT2D eigenvalue weighted by Crippen LogP contribution is 2.34. The Kier molecular flexibility index (Phi) is 5.56. The number of nitrogens with zero attached hydrogens (tertiary/aromatic N) is 4. The van der Waals surface area contributed by atoms with Crippen LogP contribution in [0.4, 0.5) is 24.7 Å². The van der Waals surface area contributed by atoms with Crippen LogP contribution in [0.3, 0.4) is 0 Å². The van der Waals surface area contributed by atoms with Gasteiger partial charge in [-0.1, -0.05) is 0 Å². The van der Waals surface area contributed by atoms with Crippen LogP contribution in [0.2, 0.25) is 0 Å². The molecule has 0 atom stereocenters. The van der Waals surface area contributed by atoms with Gasteiger partial charge in [0.15, 0.2) is 0 Å². The van der Waals surface area contributed by atoms with Gasteiger partial charge in [-0.05, 0) is 54.3 Å². The molecule has 8 nitrogen and oxygen atoms in total. The second-order valence-corrected chi connectivity index (χ2v) is 7.70. The third kappa shape index (κ3) is 4.38. The Morgan fingerprint density at radius 1 is 1.09 bits per heavy atom. The van der Waals surface area contributed by atoms with E-state index in [4.69, 9.17) is 10.5 Å². The normalized spacial score (nSPS) is 14.0. The van der Waals surface area contributed by atoms with E-state index in [1.807, 2.05) is 0 Å². The Morgan fingerprint density at radius 2 is 1.79 bits per heavy atom. The molecule has 2 N–H and O–H groups in total. The van der Waals surface area contributed by atoms with Crippen molar-refractivity contribution in [1.82, 2.24) is 14.5 Å². The number of nitrogen functional groups attached to an aromatic ring is 1. The lowest BCUT2D eigenvalue weighted by Crippen LogP contribution is -2.33. The molecule has 1 amide bonds. The zero-order valence-electron chi connectivity index (χ0n) is 17.8. The Balaban J connectivity index is 1.75. The number of hydrogen-bond acceptors (Lipinski definition) is 6. The van der Waals surface area contributed by atoms with Gasteiger partial charge in [0.05, 0.1) is 6.54 Å². The number of halogens is 3. The molecule has 0 unspecified atom stereocenters. The number of carbonyl (C=O) groups excluding carboxylic acids is 1. The molecule has 0 fully saturated rings. The summed E-state index contributed by atoms with van der Waals surface area (Å²) in [4.78, 5) is 34.4. The van der Waals surface area contributed by atoms with Crippen LogP contribution in [0, 0.1) is 13.8 Å². The van der Waals surface area contributed by atoms with E-state index in [1.54, 1.807) is 26.0 Å². The number of ether oxygens (including phenoxy) is 1. The molecule has 1 aliphatic heterocycles. The first-order valence-electron chi connectivity index (χ1n) is 9.99. The van der Waals surface area contributed by atoms with E-state index < -0.39 is 24.2 Å². The summed E-state index contributed by atoms with van der Waals surface area (Å²) in [7, 11) is 0. The summed E-state index contributed by atoms with van der Waals surface area (Å²) in [5.41, 5.74) is 8.38. The molecule has 3 aromatic rings. The quantitative estimate of drug-likeness (QED) is 0.646. The molecule has 0 aliphatic carbocycles. The van der Waals surface area contributed by atoms with Crippen molar-refractivity contribution in [2.75, 3.05) is 23.8 Å². The van der Waals surface area contributed by atoms with Crippen LogP contribution in [0.1, 0.15) is 21.5 Å². The van der Waals surface area contributed by atoms with Crippen LogP contribution in [-0.4, -0.2) is 39.8 Å². The van der Waals surface area contributed by atoms with Gasteiger partial charge in [0.2, 0.25) is 5.88 Å². The SMILES string of the molecule is Cc1cc(N2CCOc3ncnc(N)c3C2=O)cc(C)c1-c1ccc(=O)n(CC(F)(F)F)c1. The summed E-state index contributed by atoms with van der Waals surface area (Å²) < 4.78 is 44.7. The van der Waals surface area contributed by atoms with E-state index in [1.165, 1.54) is 23.5 Å². The van der Waals surface area contributed by atoms with Crippen molar-refractivity contribution in [2.45, 2.75) is 26.6 Å². The Hall–Kier alpha value is -3.89. The van der Waals surface area contributed by atoms with Crippen LogP contribution in [0.25, 0.3) is 11.1 Å². The summed E-state index contributed by atoms with van der Waals surface area (Å²) in [5, 5.41) is 0. The van der Waals surface area contributed by atoms with Crippen LogP contribution in [0.15, 0.2) is 41.6 Å². The van der Waals surface area contributed by atoms with Gasteiger partial charge in [-0.3, -0.25) is 9.59 Å². The molecule has 0 spiro atoms. The van der Waals surface area contributed by atoms with Crippen LogP contribution in [-0.2, 0) is 6.54 Å². The third-order valence-corrected chi connectivity index (χ3v) is 5.31. The van der Waals surface area contributed by atoms with Gasteiger partial charge >= 0.3 is 6.18 Å². The number of benzene rings is 1. The minimum absolute atomic E-state index is 0.00823. The molecular weight excluding hydrogens is 439 g/mol. The standard InChI is InChI=1S/C22H20F3N5O3/c1-12-7-15(30-5-6-33-20-18(21(30)32)19(26)27-11-28-20)8-13(2)17(12)14-3-4-16(31)29(9-14)10-22(23,24)25/h3-4,7-9,11H,5-6,10H2,1-2H3,(H2,26,27,28). The topological polar surface area (TPSA) is 103 Å². The lowest BCUT2D eigenvalue weighted by molar-refractivity contribution is -0.141. The fourth-order valence-corrected chi connectivity index (χ4v) is 3.96.